The molecule has 0 radical (unpaired) electrons. The molecule has 0 saturated carbocycles. The average molecular weight is 352 g/mol. The third-order valence-electron chi connectivity index (χ3n) is 4.74. The molecule has 0 unspecified atom stereocenters. The molecule has 5 heteroatoms. The summed E-state index contributed by atoms with van der Waals surface area (Å²) >= 11 is 0. The third-order valence-corrected chi connectivity index (χ3v) is 4.74. The summed E-state index contributed by atoms with van der Waals surface area (Å²) in [5, 5.41) is 0. The number of benzene rings is 2. The van der Waals surface area contributed by atoms with Crippen LogP contribution in [0.1, 0.15) is 28.8 Å². The summed E-state index contributed by atoms with van der Waals surface area (Å²) in [7, 11) is 3.45. The highest BCUT2D eigenvalue weighted by Crippen LogP contribution is 2.22. The Morgan fingerprint density at radius 1 is 1.12 bits per heavy atom. The molecule has 0 aromatic heterocycles. The second-order valence-corrected chi connectivity index (χ2v) is 6.52. The Hall–Kier alpha value is -2.82. The van der Waals surface area contributed by atoms with Crippen LogP contribution in [0.25, 0.3) is 0 Å². The minimum atomic E-state index is -0.0159. The molecule has 2 aromatic carbocycles. The molecule has 0 N–H and O–H groups in total. The lowest BCUT2D eigenvalue weighted by Gasteiger charge is -2.19. The summed E-state index contributed by atoms with van der Waals surface area (Å²) in [5.74, 6) is 0.966. The predicted molar refractivity (Wildman–Crippen MR) is 102 cm³/mol. The Bertz CT molecular complexity index is 769. The average Bonchev–Trinajstić information content (AvgIpc) is 3.12. The van der Waals surface area contributed by atoms with Crippen LogP contribution in [0.15, 0.2) is 48.5 Å². The van der Waals surface area contributed by atoms with Crippen molar-refractivity contribution >= 4 is 17.5 Å². The normalized spacial score (nSPS) is 13.8. The van der Waals surface area contributed by atoms with Gasteiger partial charge in [-0.15, -0.1) is 0 Å². The topological polar surface area (TPSA) is 49.9 Å². The molecule has 2 aromatic rings. The number of ether oxygens (including phenoxy) is 1. The van der Waals surface area contributed by atoms with Crippen molar-refractivity contribution in [2.75, 3.05) is 32.1 Å². The molecular weight excluding hydrogens is 328 g/mol. The van der Waals surface area contributed by atoms with E-state index in [0.29, 0.717) is 18.5 Å². The van der Waals surface area contributed by atoms with Gasteiger partial charge in [-0.25, -0.2) is 0 Å². The van der Waals surface area contributed by atoms with Crippen LogP contribution in [0.2, 0.25) is 0 Å². The Kier molecular flexibility index (Phi) is 5.56. The monoisotopic (exact) mass is 352 g/mol. The van der Waals surface area contributed by atoms with Gasteiger partial charge < -0.3 is 14.5 Å². The van der Waals surface area contributed by atoms with Gasteiger partial charge in [-0.1, -0.05) is 12.1 Å². The zero-order valence-corrected chi connectivity index (χ0v) is 15.3. The van der Waals surface area contributed by atoms with Crippen LogP contribution in [-0.2, 0) is 11.2 Å². The van der Waals surface area contributed by atoms with Crippen LogP contribution in [0.3, 0.4) is 0 Å². The van der Waals surface area contributed by atoms with E-state index in [1.54, 1.807) is 29.0 Å². The van der Waals surface area contributed by atoms with Gasteiger partial charge in [0.05, 0.1) is 7.11 Å². The number of carbonyl (C=O) groups excluding carboxylic acids is 2. The van der Waals surface area contributed by atoms with E-state index in [1.807, 2.05) is 43.4 Å². The molecule has 0 bridgehead atoms. The van der Waals surface area contributed by atoms with Gasteiger partial charge in [-0.05, 0) is 54.8 Å². The first kappa shape index (κ1) is 18.0. The molecule has 0 spiro atoms. The zero-order valence-electron chi connectivity index (χ0n) is 15.3. The fourth-order valence-corrected chi connectivity index (χ4v) is 3.12. The van der Waals surface area contributed by atoms with Crippen LogP contribution >= 0.6 is 0 Å². The van der Waals surface area contributed by atoms with Crippen molar-refractivity contribution in [2.24, 2.45) is 0 Å². The maximum atomic E-state index is 12.6. The number of methoxy groups -OCH3 is 1. The molecule has 5 nitrogen and oxygen atoms in total. The van der Waals surface area contributed by atoms with E-state index in [-0.39, 0.29) is 11.8 Å². The van der Waals surface area contributed by atoms with Gasteiger partial charge in [0.15, 0.2) is 0 Å². The smallest absolute Gasteiger partial charge is 0.253 e. The lowest BCUT2D eigenvalue weighted by Crippen LogP contribution is -2.29. The number of rotatable bonds is 6. The lowest BCUT2D eigenvalue weighted by atomic mass is 10.1. The summed E-state index contributed by atoms with van der Waals surface area (Å²) < 4.78 is 5.15. The Labute approximate surface area is 154 Å². The van der Waals surface area contributed by atoms with Gasteiger partial charge in [0.25, 0.3) is 5.91 Å². The Morgan fingerprint density at radius 3 is 2.38 bits per heavy atom. The molecule has 0 atom stereocenters. The van der Waals surface area contributed by atoms with Crippen molar-refractivity contribution in [1.82, 2.24) is 4.90 Å². The molecule has 136 valence electrons. The van der Waals surface area contributed by atoms with Gasteiger partial charge in [-0.3, -0.25) is 9.59 Å². The predicted octanol–water partition coefficient (Wildman–Crippen LogP) is 3.14. The van der Waals surface area contributed by atoms with Gasteiger partial charge in [0, 0.05) is 37.8 Å². The molecule has 1 heterocycles. The molecule has 1 aliphatic heterocycles. The number of anilines is 1. The highest BCUT2D eigenvalue weighted by atomic mass is 16.5. The maximum absolute atomic E-state index is 12.6. The minimum absolute atomic E-state index is 0.0159. The molecule has 1 saturated heterocycles. The summed E-state index contributed by atoms with van der Waals surface area (Å²) in [6.45, 7) is 1.39. The standard InChI is InChI=1S/C21H24N2O3/c1-22(15-13-16-5-11-19(26-2)12-6-16)21(25)17-7-9-18(10-8-17)23-14-3-4-20(23)24/h5-12H,3-4,13-15H2,1-2H3. The third kappa shape index (κ3) is 4.04. The molecule has 1 fully saturated rings. The first-order valence-corrected chi connectivity index (χ1v) is 8.87. The summed E-state index contributed by atoms with van der Waals surface area (Å²) in [6, 6.07) is 15.2. The van der Waals surface area contributed by atoms with E-state index >= 15 is 0 Å². The van der Waals surface area contributed by atoms with E-state index in [1.165, 1.54) is 0 Å². The van der Waals surface area contributed by atoms with Crippen LogP contribution in [0.5, 0.6) is 5.75 Å². The van der Waals surface area contributed by atoms with Crippen molar-refractivity contribution in [1.29, 1.82) is 0 Å². The second-order valence-electron chi connectivity index (χ2n) is 6.52. The van der Waals surface area contributed by atoms with E-state index in [4.69, 9.17) is 4.74 Å². The van der Waals surface area contributed by atoms with Crippen molar-refractivity contribution < 1.29 is 14.3 Å². The van der Waals surface area contributed by atoms with Crippen molar-refractivity contribution in [3.05, 3.63) is 59.7 Å². The fourth-order valence-electron chi connectivity index (χ4n) is 3.12. The SMILES string of the molecule is COc1ccc(CCN(C)C(=O)c2ccc(N3CCCC3=O)cc2)cc1. The van der Waals surface area contributed by atoms with Gasteiger partial charge in [0.2, 0.25) is 5.91 Å². The molecule has 1 aliphatic rings. The van der Waals surface area contributed by atoms with Gasteiger partial charge in [0.1, 0.15) is 5.75 Å². The largest absolute Gasteiger partial charge is 0.497 e. The summed E-state index contributed by atoms with van der Waals surface area (Å²) in [6.07, 6.45) is 2.29. The first-order valence-electron chi connectivity index (χ1n) is 8.87. The molecule has 2 amide bonds. The second kappa shape index (κ2) is 8.04. The number of nitrogens with zero attached hydrogens (tertiary/aromatic N) is 2. The molecule has 3 rings (SSSR count). The first-order chi connectivity index (χ1) is 12.6. The highest BCUT2D eigenvalue weighted by Gasteiger charge is 2.22. The van der Waals surface area contributed by atoms with E-state index < -0.39 is 0 Å². The van der Waals surface area contributed by atoms with Crippen LogP contribution in [0, 0.1) is 0 Å². The lowest BCUT2D eigenvalue weighted by molar-refractivity contribution is -0.117. The quantitative estimate of drug-likeness (QED) is 0.802. The van der Waals surface area contributed by atoms with Crippen LogP contribution < -0.4 is 9.64 Å². The number of hydrogen-bond acceptors (Lipinski definition) is 3. The van der Waals surface area contributed by atoms with E-state index in [0.717, 1.165) is 36.4 Å². The van der Waals surface area contributed by atoms with Crippen LogP contribution in [0.4, 0.5) is 5.69 Å². The minimum Gasteiger partial charge on any atom is -0.497 e. The number of likely N-dealkylation sites (N-methyl/N-ethyl adjacent to an activating group) is 1. The van der Waals surface area contributed by atoms with Crippen molar-refractivity contribution in [3.8, 4) is 5.75 Å². The number of amides is 2. The number of carbonyl (C=O) groups is 2. The van der Waals surface area contributed by atoms with E-state index in [2.05, 4.69) is 0 Å². The van der Waals surface area contributed by atoms with Gasteiger partial charge in [-0.2, -0.15) is 0 Å². The highest BCUT2D eigenvalue weighted by molar-refractivity contribution is 5.97. The van der Waals surface area contributed by atoms with Crippen LogP contribution in [-0.4, -0.2) is 44.0 Å². The van der Waals surface area contributed by atoms with Crippen molar-refractivity contribution in [3.63, 3.8) is 0 Å². The summed E-state index contributed by atoms with van der Waals surface area (Å²) in [4.78, 5) is 27.9. The Balaban J connectivity index is 1.58. The maximum Gasteiger partial charge on any atom is 0.253 e. The van der Waals surface area contributed by atoms with E-state index in [9.17, 15) is 9.59 Å². The Morgan fingerprint density at radius 2 is 1.81 bits per heavy atom. The van der Waals surface area contributed by atoms with Crippen molar-refractivity contribution in [2.45, 2.75) is 19.3 Å². The zero-order chi connectivity index (χ0) is 18.5. The molecule has 0 aliphatic carbocycles. The summed E-state index contributed by atoms with van der Waals surface area (Å²) in [5.41, 5.74) is 2.66. The fraction of sp³-hybridized carbons (Fsp3) is 0.333. The van der Waals surface area contributed by atoms with Gasteiger partial charge >= 0.3 is 0 Å². The molecule has 26 heavy (non-hydrogen) atoms. The molecular formula is C21H24N2O3. The number of hydrogen-bond donors (Lipinski definition) is 0.